The number of hydrogen-bond acceptors (Lipinski definition) is 3. The first-order valence-electron chi connectivity index (χ1n) is 10.6. The van der Waals surface area contributed by atoms with Crippen molar-refractivity contribution in [1.82, 2.24) is 10.2 Å². The smallest absolute Gasteiger partial charge is 0.330 e. The zero-order valence-corrected chi connectivity index (χ0v) is 17.7. The van der Waals surface area contributed by atoms with E-state index in [1.165, 1.54) is 6.92 Å². The number of carbonyl (C=O) groups is 3. The van der Waals surface area contributed by atoms with Gasteiger partial charge in [-0.3, -0.25) is 14.4 Å². The molecule has 0 aromatic heterocycles. The maximum absolute atomic E-state index is 14.5. The molecule has 0 unspecified atom stereocenters. The summed E-state index contributed by atoms with van der Waals surface area (Å²) in [6.45, 7) is 2.31. The molecule has 1 aromatic rings. The monoisotopic (exact) mass is 436 g/mol. The Morgan fingerprint density at radius 2 is 1.74 bits per heavy atom. The number of allylic oxidation sites excluding steroid dienone is 1. The molecule has 0 radical (unpaired) electrons. The highest BCUT2D eigenvalue weighted by molar-refractivity contribution is 6.12. The van der Waals surface area contributed by atoms with Crippen LogP contribution in [-0.4, -0.2) is 40.8 Å². The molecule has 0 spiro atoms. The minimum atomic E-state index is -5.15. The molecule has 1 heterocycles. The summed E-state index contributed by atoms with van der Waals surface area (Å²) in [7, 11) is 0. The van der Waals surface area contributed by atoms with E-state index in [1.807, 2.05) is 23.5 Å². The summed E-state index contributed by atoms with van der Waals surface area (Å²) in [5, 5.41) is 2.01. The van der Waals surface area contributed by atoms with Crippen molar-refractivity contribution in [2.24, 2.45) is 5.92 Å². The Labute approximate surface area is 179 Å². The van der Waals surface area contributed by atoms with Crippen LogP contribution in [0.4, 0.5) is 13.2 Å². The Balaban J connectivity index is 1.97. The summed E-state index contributed by atoms with van der Waals surface area (Å²) in [6, 6.07) is 9.05. The molecule has 1 N–H and O–H groups in total. The van der Waals surface area contributed by atoms with E-state index in [-0.39, 0.29) is 12.2 Å². The van der Waals surface area contributed by atoms with Crippen molar-refractivity contribution in [2.75, 3.05) is 6.54 Å². The molecule has 1 aliphatic carbocycles. The topological polar surface area (TPSA) is 66.5 Å². The number of nitrogens with one attached hydrogen (secondary N) is 1. The number of carbonyl (C=O) groups excluding carboxylic acids is 3. The highest BCUT2D eigenvalue weighted by Gasteiger charge is 2.69. The maximum atomic E-state index is 14.5. The summed E-state index contributed by atoms with van der Waals surface area (Å²) in [5.41, 5.74) is -3.24. The van der Waals surface area contributed by atoms with Crippen molar-refractivity contribution in [3.63, 3.8) is 0 Å². The molecule has 1 fully saturated rings. The highest BCUT2D eigenvalue weighted by Crippen LogP contribution is 2.45. The molecule has 1 aromatic carbocycles. The molecule has 31 heavy (non-hydrogen) atoms. The number of halogens is 3. The van der Waals surface area contributed by atoms with Crippen molar-refractivity contribution in [1.29, 1.82) is 0 Å². The van der Waals surface area contributed by atoms with Crippen LogP contribution in [0.5, 0.6) is 0 Å². The average molecular weight is 436 g/mol. The molecule has 2 amide bonds. The van der Waals surface area contributed by atoms with Crippen LogP contribution < -0.4 is 5.32 Å². The van der Waals surface area contributed by atoms with Crippen LogP contribution in [0.3, 0.4) is 0 Å². The summed E-state index contributed by atoms with van der Waals surface area (Å²) in [5.74, 6) is -3.60. The first kappa shape index (κ1) is 23.0. The number of benzene rings is 1. The Bertz CT molecular complexity index is 889. The van der Waals surface area contributed by atoms with Crippen LogP contribution >= 0.6 is 0 Å². The van der Waals surface area contributed by atoms with Crippen LogP contribution in [0, 0.1) is 5.92 Å². The fraction of sp³-hybridized carbons (Fsp3) is 0.522. The zero-order valence-electron chi connectivity index (χ0n) is 17.7. The van der Waals surface area contributed by atoms with E-state index in [1.54, 1.807) is 12.1 Å². The van der Waals surface area contributed by atoms with Crippen LogP contribution in [0.2, 0.25) is 0 Å². The van der Waals surface area contributed by atoms with E-state index in [0.29, 0.717) is 19.3 Å². The quantitative estimate of drug-likeness (QED) is 0.735. The SMILES string of the molecule is CC(=O)C1=C(C)N(CCc2ccccc2)C(=O)[C@]1(NC(=O)C1CCCCC1)C(F)(F)F. The van der Waals surface area contributed by atoms with Gasteiger partial charge in [-0.2, -0.15) is 13.2 Å². The third kappa shape index (κ3) is 4.25. The lowest BCUT2D eigenvalue weighted by Gasteiger charge is -2.35. The van der Waals surface area contributed by atoms with Crippen molar-refractivity contribution in [2.45, 2.75) is 64.1 Å². The summed E-state index contributed by atoms with van der Waals surface area (Å²) < 4.78 is 43.4. The first-order chi connectivity index (χ1) is 14.6. The van der Waals surface area contributed by atoms with E-state index in [4.69, 9.17) is 0 Å². The van der Waals surface area contributed by atoms with Crippen LogP contribution in [0.15, 0.2) is 41.6 Å². The number of alkyl halides is 3. The molecule has 0 saturated heterocycles. The van der Waals surface area contributed by atoms with Gasteiger partial charge in [-0.15, -0.1) is 0 Å². The lowest BCUT2D eigenvalue weighted by atomic mass is 9.84. The molecule has 168 valence electrons. The molecule has 8 heteroatoms. The van der Waals surface area contributed by atoms with Crippen LogP contribution in [0.25, 0.3) is 0 Å². The Kier molecular flexibility index (Phi) is 6.57. The van der Waals surface area contributed by atoms with Gasteiger partial charge < -0.3 is 10.2 Å². The molecule has 2 aliphatic rings. The van der Waals surface area contributed by atoms with Gasteiger partial charge in [-0.05, 0) is 38.7 Å². The molecular weight excluding hydrogens is 409 g/mol. The van der Waals surface area contributed by atoms with Crippen molar-refractivity contribution < 1.29 is 27.6 Å². The molecule has 1 aliphatic heterocycles. The largest absolute Gasteiger partial charge is 0.425 e. The standard InChI is InChI=1S/C23H27F3N2O3/c1-15-19(16(2)29)22(23(24,25)26,27-20(30)18-11-7-4-8-12-18)21(31)28(15)14-13-17-9-5-3-6-10-17/h3,5-6,9-10,18H,4,7-8,11-14H2,1-2H3,(H,27,30)/t22-/m0/s1. The molecule has 1 saturated carbocycles. The predicted octanol–water partition coefficient (Wildman–Crippen LogP) is 3.93. The van der Waals surface area contributed by atoms with Gasteiger partial charge in [0.1, 0.15) is 0 Å². The van der Waals surface area contributed by atoms with Crippen LogP contribution in [-0.2, 0) is 20.8 Å². The lowest BCUT2D eigenvalue weighted by molar-refractivity contribution is -0.195. The maximum Gasteiger partial charge on any atom is 0.425 e. The van der Waals surface area contributed by atoms with E-state index >= 15 is 0 Å². The third-order valence-electron chi connectivity index (χ3n) is 6.24. The second kappa shape index (κ2) is 8.85. The van der Waals surface area contributed by atoms with Crippen LogP contribution in [0.1, 0.15) is 51.5 Å². The predicted molar refractivity (Wildman–Crippen MR) is 109 cm³/mol. The summed E-state index contributed by atoms with van der Waals surface area (Å²) in [4.78, 5) is 39.4. The Morgan fingerprint density at radius 3 is 2.29 bits per heavy atom. The molecular formula is C23H27F3N2O3. The summed E-state index contributed by atoms with van der Waals surface area (Å²) in [6.07, 6.45) is -1.45. The molecule has 5 nitrogen and oxygen atoms in total. The lowest BCUT2D eigenvalue weighted by Crippen LogP contribution is -2.66. The molecule has 1 atom stereocenters. The number of amides is 2. The minimum Gasteiger partial charge on any atom is -0.330 e. The average Bonchev–Trinajstić information content (AvgIpc) is 2.94. The van der Waals surface area contributed by atoms with Gasteiger partial charge in [0.05, 0.1) is 5.57 Å². The number of ketones is 1. The Hall–Kier alpha value is -2.64. The second-order valence-corrected chi connectivity index (χ2v) is 8.28. The van der Waals surface area contributed by atoms with Gasteiger partial charge >= 0.3 is 6.18 Å². The van der Waals surface area contributed by atoms with Crippen molar-refractivity contribution in [3.8, 4) is 0 Å². The van der Waals surface area contributed by atoms with Gasteiger partial charge in [0, 0.05) is 18.2 Å². The Morgan fingerprint density at radius 1 is 1.13 bits per heavy atom. The summed E-state index contributed by atoms with van der Waals surface area (Å²) >= 11 is 0. The first-order valence-corrected chi connectivity index (χ1v) is 10.6. The number of rotatable bonds is 6. The zero-order chi connectivity index (χ0) is 22.8. The van der Waals surface area contributed by atoms with Gasteiger partial charge in [0.2, 0.25) is 11.4 Å². The van der Waals surface area contributed by atoms with Crippen molar-refractivity contribution in [3.05, 3.63) is 47.2 Å². The molecule has 0 bridgehead atoms. The minimum absolute atomic E-state index is 0.0252. The fourth-order valence-electron chi connectivity index (χ4n) is 4.64. The third-order valence-corrected chi connectivity index (χ3v) is 6.24. The second-order valence-electron chi connectivity index (χ2n) is 8.28. The van der Waals surface area contributed by atoms with Gasteiger partial charge in [-0.25, -0.2) is 0 Å². The van der Waals surface area contributed by atoms with E-state index in [0.717, 1.165) is 36.6 Å². The van der Waals surface area contributed by atoms with Gasteiger partial charge in [0.25, 0.3) is 5.91 Å². The number of Topliss-reactive ketones (excluding diaryl/α,β-unsaturated/α-hetero) is 1. The van der Waals surface area contributed by atoms with Crippen molar-refractivity contribution >= 4 is 17.6 Å². The van der Waals surface area contributed by atoms with Gasteiger partial charge in [0.15, 0.2) is 5.78 Å². The van der Waals surface area contributed by atoms with E-state index < -0.39 is 40.8 Å². The number of hydrogen-bond donors (Lipinski definition) is 1. The van der Waals surface area contributed by atoms with Gasteiger partial charge in [-0.1, -0.05) is 49.6 Å². The fourth-order valence-corrected chi connectivity index (χ4v) is 4.64. The van der Waals surface area contributed by atoms with E-state index in [2.05, 4.69) is 0 Å². The normalized spacial score (nSPS) is 22.7. The highest BCUT2D eigenvalue weighted by atomic mass is 19.4. The number of nitrogens with zero attached hydrogens (tertiary/aromatic N) is 1. The molecule has 3 rings (SSSR count). The van der Waals surface area contributed by atoms with E-state index in [9.17, 15) is 27.6 Å².